The van der Waals surface area contributed by atoms with Crippen LogP contribution >= 0.6 is 8.03 Å². The van der Waals surface area contributed by atoms with Crippen LogP contribution in [-0.2, 0) is 18.3 Å². The minimum atomic E-state index is -2.98. The molecule has 0 bridgehead atoms. The van der Waals surface area contributed by atoms with E-state index in [1.165, 1.54) is 0 Å². The van der Waals surface area contributed by atoms with Crippen LogP contribution in [0.3, 0.4) is 0 Å². The molecule has 0 saturated carbocycles. The van der Waals surface area contributed by atoms with Crippen molar-refractivity contribution in [2.75, 3.05) is 13.0 Å². The molecule has 2 rings (SSSR count). The van der Waals surface area contributed by atoms with Crippen LogP contribution < -0.4 is 10.4 Å². The molecule has 0 fully saturated rings. The lowest BCUT2D eigenvalue weighted by atomic mass is 10.2. The fraction of sp³-hybridized carbons (Fsp3) is 0.381. The Morgan fingerprint density at radius 1 is 1.03 bits per heavy atom. The maximum absolute atomic E-state index is 12.2. The molecule has 6 nitrogen and oxygen atoms in total. The van der Waals surface area contributed by atoms with Gasteiger partial charge in [-0.05, 0) is 20.0 Å². The number of aliphatic carboxylic acids is 1. The van der Waals surface area contributed by atoms with Gasteiger partial charge in [-0.1, -0.05) is 81.4 Å². The maximum atomic E-state index is 12.2. The van der Waals surface area contributed by atoms with Gasteiger partial charge in [-0.2, -0.15) is 0 Å². The van der Waals surface area contributed by atoms with Gasteiger partial charge in [0.05, 0.1) is 6.42 Å². The standard InChI is InChI=1S/C21H27O6PSi/c1-21(2,3)29(18-10-6-4-7-11-18,19-12-8-5-9-13-19)27-17(14-20(23)24)15-28(25)26-16-22/h4-13,17,22H,14-16H2,1-3H3/p+1. The second-order valence-electron chi connectivity index (χ2n) is 7.77. The Balaban J connectivity index is 2.61. The highest BCUT2D eigenvalue weighted by molar-refractivity contribution is 7.39. The third-order valence-electron chi connectivity index (χ3n) is 4.72. The highest BCUT2D eigenvalue weighted by Crippen LogP contribution is 2.39. The molecule has 0 heterocycles. The summed E-state index contributed by atoms with van der Waals surface area (Å²) < 4.78 is 23.6. The first-order valence-corrected chi connectivity index (χ1v) is 12.7. The molecule has 2 atom stereocenters. The Kier molecular flexibility index (Phi) is 8.25. The Hall–Kier alpha value is -1.89. The number of carboxylic acids is 1. The summed E-state index contributed by atoms with van der Waals surface area (Å²) in [4.78, 5) is 11.5. The van der Waals surface area contributed by atoms with Gasteiger partial charge in [0.25, 0.3) is 8.32 Å². The fourth-order valence-electron chi connectivity index (χ4n) is 3.56. The molecule has 0 aliphatic carbocycles. The highest BCUT2D eigenvalue weighted by Gasteiger charge is 2.52. The number of aliphatic hydroxyl groups is 1. The Morgan fingerprint density at radius 3 is 1.90 bits per heavy atom. The zero-order chi connectivity index (χ0) is 21.5. The maximum Gasteiger partial charge on any atom is 0.513 e. The van der Waals surface area contributed by atoms with Crippen LogP contribution in [0.25, 0.3) is 0 Å². The van der Waals surface area contributed by atoms with Crippen LogP contribution in [0.2, 0.25) is 5.04 Å². The van der Waals surface area contributed by atoms with E-state index in [1.807, 2.05) is 60.7 Å². The van der Waals surface area contributed by atoms with Crippen molar-refractivity contribution in [3.8, 4) is 0 Å². The molecule has 0 aliphatic heterocycles. The van der Waals surface area contributed by atoms with Crippen LogP contribution in [0.5, 0.6) is 0 Å². The van der Waals surface area contributed by atoms with Crippen molar-refractivity contribution in [2.24, 2.45) is 0 Å². The lowest BCUT2D eigenvalue weighted by Crippen LogP contribution is -2.68. The quantitative estimate of drug-likeness (QED) is 0.338. The highest BCUT2D eigenvalue weighted by atomic mass is 31.1. The molecular formula is C21H28O6PSi+. The van der Waals surface area contributed by atoms with E-state index in [1.54, 1.807) is 0 Å². The largest absolute Gasteiger partial charge is 0.513 e. The molecule has 2 aromatic rings. The van der Waals surface area contributed by atoms with E-state index >= 15 is 0 Å². The van der Waals surface area contributed by atoms with Crippen LogP contribution in [0.15, 0.2) is 60.7 Å². The van der Waals surface area contributed by atoms with Crippen LogP contribution in [0.4, 0.5) is 0 Å². The van der Waals surface area contributed by atoms with Crippen LogP contribution in [0, 0.1) is 0 Å². The summed E-state index contributed by atoms with van der Waals surface area (Å²) in [6.45, 7) is 5.57. The summed E-state index contributed by atoms with van der Waals surface area (Å²) in [5, 5.41) is 20.0. The van der Waals surface area contributed by atoms with E-state index < -0.39 is 35.2 Å². The number of hydrogen-bond donors (Lipinski definition) is 2. The van der Waals surface area contributed by atoms with Crippen molar-refractivity contribution < 1.29 is 28.5 Å². The molecule has 0 amide bonds. The molecule has 29 heavy (non-hydrogen) atoms. The molecule has 8 heteroatoms. The van der Waals surface area contributed by atoms with E-state index in [9.17, 15) is 14.5 Å². The van der Waals surface area contributed by atoms with Gasteiger partial charge in [0.2, 0.25) is 6.16 Å². The van der Waals surface area contributed by atoms with Gasteiger partial charge in [-0.25, -0.2) is 0 Å². The van der Waals surface area contributed by atoms with Gasteiger partial charge in [0.1, 0.15) is 6.10 Å². The SMILES string of the molecule is CC(C)(C)[Si](OC(CC(=O)O)C[P+](=O)OCO)(c1ccccc1)c1ccccc1. The van der Waals surface area contributed by atoms with E-state index in [-0.39, 0.29) is 17.6 Å². The van der Waals surface area contributed by atoms with E-state index in [2.05, 4.69) is 20.8 Å². The Bertz CT molecular complexity index is 767. The zero-order valence-corrected chi connectivity index (χ0v) is 18.8. The van der Waals surface area contributed by atoms with E-state index in [0.717, 1.165) is 10.4 Å². The first-order valence-electron chi connectivity index (χ1n) is 9.40. The number of carboxylic acid groups (broad SMARTS) is 1. The summed E-state index contributed by atoms with van der Waals surface area (Å²) in [7, 11) is -5.22. The van der Waals surface area contributed by atoms with Gasteiger partial charge in [-0.3, -0.25) is 4.79 Å². The van der Waals surface area contributed by atoms with Crippen molar-refractivity contribution >= 4 is 32.7 Å². The molecule has 2 unspecified atom stereocenters. The van der Waals surface area contributed by atoms with Crippen molar-refractivity contribution in [2.45, 2.75) is 38.3 Å². The zero-order valence-electron chi connectivity index (χ0n) is 16.9. The van der Waals surface area contributed by atoms with Gasteiger partial charge in [0.15, 0.2) is 6.79 Å². The molecule has 0 saturated heterocycles. The van der Waals surface area contributed by atoms with Crippen molar-refractivity contribution in [1.82, 2.24) is 0 Å². The molecular weight excluding hydrogens is 407 g/mol. The molecule has 2 aromatic carbocycles. The van der Waals surface area contributed by atoms with Crippen LogP contribution in [-0.4, -0.2) is 43.6 Å². The molecule has 0 spiro atoms. The first kappa shape index (κ1) is 23.4. The summed E-state index contributed by atoms with van der Waals surface area (Å²) in [5.41, 5.74) is 0. The summed E-state index contributed by atoms with van der Waals surface area (Å²) in [6, 6.07) is 19.6. The number of aliphatic hydroxyl groups excluding tert-OH is 1. The van der Waals surface area contributed by atoms with Gasteiger partial charge in [-0.15, -0.1) is 4.52 Å². The van der Waals surface area contributed by atoms with Gasteiger partial charge < -0.3 is 14.6 Å². The van der Waals surface area contributed by atoms with E-state index in [0.29, 0.717) is 0 Å². The average molecular weight is 436 g/mol. The molecule has 156 valence electrons. The monoisotopic (exact) mass is 435 g/mol. The smallest absolute Gasteiger partial charge is 0.481 e. The lowest BCUT2D eigenvalue weighted by molar-refractivity contribution is -0.138. The second kappa shape index (κ2) is 10.2. The summed E-state index contributed by atoms with van der Waals surface area (Å²) in [5.74, 6) is -1.04. The molecule has 0 radical (unpaired) electrons. The molecule has 0 aromatic heterocycles. The minimum absolute atomic E-state index is 0.104. The normalized spacial score (nSPS) is 13.7. The summed E-state index contributed by atoms with van der Waals surface area (Å²) in [6.07, 6.45) is -1.23. The summed E-state index contributed by atoms with van der Waals surface area (Å²) >= 11 is 0. The van der Waals surface area contributed by atoms with Crippen molar-refractivity contribution in [1.29, 1.82) is 0 Å². The topological polar surface area (TPSA) is 93.1 Å². The average Bonchev–Trinajstić information content (AvgIpc) is 2.66. The lowest BCUT2D eigenvalue weighted by Gasteiger charge is -2.44. The second-order valence-corrected chi connectivity index (χ2v) is 13.3. The predicted octanol–water partition coefficient (Wildman–Crippen LogP) is 3.12. The minimum Gasteiger partial charge on any atom is -0.481 e. The predicted molar refractivity (Wildman–Crippen MR) is 115 cm³/mol. The van der Waals surface area contributed by atoms with E-state index in [4.69, 9.17) is 14.1 Å². The first-order chi connectivity index (χ1) is 13.7. The third kappa shape index (κ3) is 5.81. The molecule has 2 N–H and O–H groups in total. The number of hydrogen-bond acceptors (Lipinski definition) is 5. The van der Waals surface area contributed by atoms with Gasteiger partial charge in [0, 0.05) is 0 Å². The number of rotatable bonds is 10. The van der Waals surface area contributed by atoms with Crippen molar-refractivity contribution in [3.63, 3.8) is 0 Å². The van der Waals surface area contributed by atoms with Gasteiger partial charge >= 0.3 is 14.0 Å². The molecule has 0 aliphatic rings. The Labute approximate surface area is 173 Å². The fourth-order valence-corrected chi connectivity index (χ4v) is 9.16. The van der Waals surface area contributed by atoms with Crippen molar-refractivity contribution in [3.05, 3.63) is 60.7 Å². The number of benzene rings is 2. The number of carbonyl (C=O) groups is 1. The Morgan fingerprint density at radius 2 is 1.52 bits per heavy atom. The van der Waals surface area contributed by atoms with Crippen LogP contribution in [0.1, 0.15) is 27.2 Å². The third-order valence-corrected chi connectivity index (χ3v) is 10.9.